The fourth-order valence-electron chi connectivity index (χ4n) is 1.52. The van der Waals surface area contributed by atoms with Crippen molar-refractivity contribution < 1.29 is 4.79 Å². The van der Waals surface area contributed by atoms with Crippen molar-refractivity contribution in [2.75, 3.05) is 6.67 Å². The Labute approximate surface area is 77.1 Å². The number of amides is 1. The van der Waals surface area contributed by atoms with Crippen LogP contribution in [0.5, 0.6) is 0 Å². The highest BCUT2D eigenvalue weighted by atomic mass is 16.1. The summed E-state index contributed by atoms with van der Waals surface area (Å²) in [6, 6.07) is 10.2. The van der Waals surface area contributed by atoms with E-state index in [2.05, 4.69) is 10.6 Å². The highest BCUT2D eigenvalue weighted by molar-refractivity contribution is 5.77. The van der Waals surface area contributed by atoms with Gasteiger partial charge in [-0.1, -0.05) is 30.3 Å². The van der Waals surface area contributed by atoms with Gasteiger partial charge in [-0.15, -0.1) is 0 Å². The molecule has 0 aromatic heterocycles. The van der Waals surface area contributed by atoms with E-state index < -0.39 is 0 Å². The molecule has 1 aromatic carbocycles. The van der Waals surface area contributed by atoms with E-state index in [1.165, 1.54) is 5.56 Å². The molecule has 13 heavy (non-hydrogen) atoms. The van der Waals surface area contributed by atoms with Gasteiger partial charge >= 0.3 is 0 Å². The molecule has 0 spiro atoms. The third-order valence-electron chi connectivity index (χ3n) is 2.23. The second-order valence-corrected chi connectivity index (χ2v) is 3.15. The maximum atomic E-state index is 11.1. The zero-order chi connectivity index (χ0) is 9.10. The van der Waals surface area contributed by atoms with Gasteiger partial charge in [0.1, 0.15) is 0 Å². The molecule has 3 nitrogen and oxygen atoms in total. The number of benzene rings is 1. The van der Waals surface area contributed by atoms with Gasteiger partial charge in [-0.2, -0.15) is 0 Å². The molecule has 0 bridgehead atoms. The average molecular weight is 176 g/mol. The van der Waals surface area contributed by atoms with Crippen molar-refractivity contribution in [3.8, 4) is 0 Å². The number of rotatable bonds is 1. The molecule has 2 rings (SSSR count). The van der Waals surface area contributed by atoms with E-state index in [9.17, 15) is 4.79 Å². The quantitative estimate of drug-likeness (QED) is 0.664. The van der Waals surface area contributed by atoms with Gasteiger partial charge in [0.15, 0.2) is 0 Å². The van der Waals surface area contributed by atoms with Crippen molar-refractivity contribution in [1.82, 2.24) is 10.6 Å². The highest BCUT2D eigenvalue weighted by Crippen LogP contribution is 2.17. The van der Waals surface area contributed by atoms with E-state index in [1.54, 1.807) is 0 Å². The minimum absolute atomic E-state index is 0.118. The molecule has 0 saturated carbocycles. The van der Waals surface area contributed by atoms with Crippen molar-refractivity contribution in [2.24, 2.45) is 0 Å². The van der Waals surface area contributed by atoms with Gasteiger partial charge in [0, 0.05) is 12.5 Å². The van der Waals surface area contributed by atoms with Gasteiger partial charge < -0.3 is 5.32 Å². The molecule has 1 aliphatic heterocycles. The van der Waals surface area contributed by atoms with Crippen LogP contribution >= 0.6 is 0 Å². The first kappa shape index (κ1) is 8.26. The number of carbonyl (C=O) groups is 1. The highest BCUT2D eigenvalue weighted by Gasteiger charge is 2.18. The third kappa shape index (κ3) is 1.87. The van der Waals surface area contributed by atoms with Crippen LogP contribution in [-0.4, -0.2) is 12.6 Å². The van der Waals surface area contributed by atoms with Crippen molar-refractivity contribution in [2.45, 2.75) is 12.5 Å². The second-order valence-electron chi connectivity index (χ2n) is 3.15. The normalized spacial score (nSPS) is 22.5. The van der Waals surface area contributed by atoms with Crippen LogP contribution in [-0.2, 0) is 4.79 Å². The zero-order valence-electron chi connectivity index (χ0n) is 7.29. The lowest BCUT2D eigenvalue weighted by molar-refractivity contribution is -0.123. The van der Waals surface area contributed by atoms with Crippen LogP contribution < -0.4 is 10.6 Å². The molecule has 0 unspecified atom stereocenters. The predicted molar refractivity (Wildman–Crippen MR) is 49.9 cm³/mol. The maximum Gasteiger partial charge on any atom is 0.222 e. The molecule has 2 N–H and O–H groups in total. The molecule has 1 aliphatic rings. The van der Waals surface area contributed by atoms with E-state index in [4.69, 9.17) is 0 Å². The Morgan fingerprint density at radius 3 is 2.69 bits per heavy atom. The molecule has 0 radical (unpaired) electrons. The Morgan fingerprint density at radius 2 is 2.00 bits per heavy atom. The zero-order valence-corrected chi connectivity index (χ0v) is 7.29. The number of carbonyl (C=O) groups excluding carboxylic acids is 1. The monoisotopic (exact) mass is 176 g/mol. The fourth-order valence-corrected chi connectivity index (χ4v) is 1.52. The summed E-state index contributed by atoms with van der Waals surface area (Å²) >= 11 is 0. The fraction of sp³-hybridized carbons (Fsp3) is 0.300. The standard InChI is InChI=1S/C10H12N2O/c13-10-6-9(11-7-12-10)8-4-2-1-3-5-8/h1-5,9,11H,6-7H2,(H,12,13)/t9-/m1/s1. The molecule has 1 heterocycles. The van der Waals surface area contributed by atoms with Crippen molar-refractivity contribution in [3.05, 3.63) is 35.9 Å². The lowest BCUT2D eigenvalue weighted by atomic mass is 10.0. The molecule has 1 atom stereocenters. The topological polar surface area (TPSA) is 41.1 Å². The smallest absolute Gasteiger partial charge is 0.222 e. The van der Waals surface area contributed by atoms with Crippen LogP contribution in [0.15, 0.2) is 30.3 Å². The van der Waals surface area contributed by atoms with E-state index in [-0.39, 0.29) is 11.9 Å². The maximum absolute atomic E-state index is 11.1. The first-order chi connectivity index (χ1) is 6.36. The van der Waals surface area contributed by atoms with Gasteiger partial charge in [0.2, 0.25) is 5.91 Å². The molecule has 0 aliphatic carbocycles. The van der Waals surface area contributed by atoms with Crippen LogP contribution in [0.1, 0.15) is 18.0 Å². The van der Waals surface area contributed by atoms with Crippen molar-refractivity contribution in [1.29, 1.82) is 0 Å². The summed E-state index contributed by atoms with van der Waals surface area (Å²) in [6.45, 7) is 0.568. The van der Waals surface area contributed by atoms with Crippen LogP contribution in [0.25, 0.3) is 0 Å². The first-order valence-corrected chi connectivity index (χ1v) is 4.41. The van der Waals surface area contributed by atoms with Gasteiger partial charge in [-0.25, -0.2) is 0 Å². The van der Waals surface area contributed by atoms with Crippen LogP contribution in [0, 0.1) is 0 Å². The molecule has 1 aromatic rings. The summed E-state index contributed by atoms with van der Waals surface area (Å²) in [5, 5.41) is 5.97. The van der Waals surface area contributed by atoms with E-state index in [0.29, 0.717) is 13.1 Å². The summed E-state index contributed by atoms with van der Waals surface area (Å²) in [7, 11) is 0. The lowest BCUT2D eigenvalue weighted by Gasteiger charge is -2.23. The third-order valence-corrected chi connectivity index (χ3v) is 2.23. The molecule has 3 heteroatoms. The summed E-state index contributed by atoms with van der Waals surface area (Å²) in [5.41, 5.74) is 1.18. The summed E-state index contributed by atoms with van der Waals surface area (Å²) < 4.78 is 0. The number of hydrogen-bond donors (Lipinski definition) is 2. The Balaban J connectivity index is 2.13. The minimum atomic E-state index is 0.118. The number of nitrogens with one attached hydrogen (secondary N) is 2. The molecule has 68 valence electrons. The summed E-state index contributed by atoms with van der Waals surface area (Å²) in [6.07, 6.45) is 0.532. The Hall–Kier alpha value is -1.35. The Kier molecular flexibility index (Phi) is 2.27. The van der Waals surface area contributed by atoms with Crippen molar-refractivity contribution in [3.63, 3.8) is 0 Å². The van der Waals surface area contributed by atoms with Crippen LogP contribution in [0.3, 0.4) is 0 Å². The van der Waals surface area contributed by atoms with Crippen LogP contribution in [0.2, 0.25) is 0 Å². The van der Waals surface area contributed by atoms with E-state index >= 15 is 0 Å². The summed E-state index contributed by atoms with van der Waals surface area (Å²) in [4.78, 5) is 11.1. The molecule has 1 saturated heterocycles. The van der Waals surface area contributed by atoms with Crippen molar-refractivity contribution >= 4 is 5.91 Å². The SMILES string of the molecule is O=C1C[C@H](c2ccccc2)NCN1. The summed E-state index contributed by atoms with van der Waals surface area (Å²) in [5.74, 6) is 0.118. The number of hydrogen-bond acceptors (Lipinski definition) is 2. The predicted octanol–water partition coefficient (Wildman–Crippen LogP) is 0.795. The molecule has 1 amide bonds. The van der Waals surface area contributed by atoms with Gasteiger partial charge in [0.25, 0.3) is 0 Å². The lowest BCUT2D eigenvalue weighted by Crippen LogP contribution is -2.43. The van der Waals surface area contributed by atoms with E-state index in [0.717, 1.165) is 0 Å². The van der Waals surface area contributed by atoms with Gasteiger partial charge in [0.05, 0.1) is 6.67 Å². The minimum Gasteiger partial charge on any atom is -0.343 e. The van der Waals surface area contributed by atoms with Gasteiger partial charge in [-0.05, 0) is 5.56 Å². The average Bonchev–Trinajstić information content (AvgIpc) is 2.19. The molecular weight excluding hydrogens is 164 g/mol. The van der Waals surface area contributed by atoms with Crippen LogP contribution in [0.4, 0.5) is 0 Å². The Morgan fingerprint density at radius 1 is 1.23 bits per heavy atom. The Bertz CT molecular complexity index is 297. The first-order valence-electron chi connectivity index (χ1n) is 4.41. The molecular formula is C10H12N2O. The van der Waals surface area contributed by atoms with E-state index in [1.807, 2.05) is 30.3 Å². The largest absolute Gasteiger partial charge is 0.343 e. The second kappa shape index (κ2) is 3.58. The molecule has 1 fully saturated rings. The van der Waals surface area contributed by atoms with Gasteiger partial charge in [-0.3, -0.25) is 10.1 Å².